The monoisotopic (exact) mass is 437 g/mol. The topological polar surface area (TPSA) is 148 Å². The highest BCUT2D eigenvalue weighted by Crippen LogP contribution is 2.23. The normalized spacial score (nSPS) is 19.0. The summed E-state index contributed by atoms with van der Waals surface area (Å²) in [4.78, 5) is 54.7. The molecule has 14 heteroatoms. The number of nitrogens with one attached hydrogen (secondary N) is 3. The first-order valence-corrected chi connectivity index (χ1v) is 8.88. The van der Waals surface area contributed by atoms with Crippen LogP contribution >= 0.6 is 34.5 Å². The van der Waals surface area contributed by atoms with Crippen molar-refractivity contribution in [3.05, 3.63) is 11.2 Å². The van der Waals surface area contributed by atoms with Crippen LogP contribution in [0.5, 0.6) is 0 Å². The maximum Gasteiger partial charge on any atom is 0.331 e. The molecule has 1 aromatic heterocycles. The van der Waals surface area contributed by atoms with E-state index in [-0.39, 0.29) is 16.4 Å². The van der Waals surface area contributed by atoms with Gasteiger partial charge in [-0.25, -0.2) is 9.78 Å². The van der Waals surface area contributed by atoms with Gasteiger partial charge < -0.3 is 25.5 Å². The van der Waals surface area contributed by atoms with Gasteiger partial charge in [-0.15, -0.1) is 11.3 Å². The first kappa shape index (κ1) is 20.9. The quantitative estimate of drug-likeness (QED) is 0.169. The largest absolute Gasteiger partial charge is 0.467 e. The number of hydrogen-bond acceptors (Lipinski definition) is 9. The molecule has 146 valence electrons. The number of esters is 1. The molecule has 1 aromatic rings. The van der Waals surface area contributed by atoms with Gasteiger partial charge in [-0.3, -0.25) is 14.4 Å². The minimum absolute atomic E-state index is 0.0315. The number of halogens is 2. The van der Waals surface area contributed by atoms with Crippen LogP contribution in [-0.4, -0.2) is 65.5 Å². The van der Waals surface area contributed by atoms with Crippen molar-refractivity contribution in [2.45, 2.75) is 16.9 Å². The number of carbonyl (C=O) groups is 4. The summed E-state index contributed by atoms with van der Waals surface area (Å²) in [7, 11) is 2.34. The van der Waals surface area contributed by atoms with E-state index >= 15 is 0 Å². The number of rotatable bonds is 7. The molecule has 2 heterocycles. The van der Waals surface area contributed by atoms with Crippen LogP contribution in [0.4, 0.5) is 5.00 Å². The second-order valence-electron chi connectivity index (χ2n) is 4.90. The second-order valence-corrected chi connectivity index (χ2v) is 6.85. The molecule has 11 nitrogen and oxygen atoms in total. The summed E-state index contributed by atoms with van der Waals surface area (Å²) in [6.07, 6.45) is 0. The minimum atomic E-state index is -1.34. The number of thiazole rings is 1. The molecule has 0 saturated carbocycles. The van der Waals surface area contributed by atoms with Crippen molar-refractivity contribution in [3.8, 4) is 0 Å². The molecule has 27 heavy (non-hydrogen) atoms. The molecule has 3 N–H and O–H groups in total. The summed E-state index contributed by atoms with van der Waals surface area (Å²) >= 11 is 12.0. The van der Waals surface area contributed by atoms with Crippen LogP contribution in [0.1, 0.15) is 5.69 Å². The Balaban J connectivity index is 2.21. The molecular weight excluding hydrogens is 425 g/mol. The van der Waals surface area contributed by atoms with Gasteiger partial charge in [0.25, 0.3) is 11.8 Å². The molecule has 1 fully saturated rings. The van der Waals surface area contributed by atoms with Gasteiger partial charge in [0.15, 0.2) is 16.6 Å². The molecule has 3 amide bonds. The Morgan fingerprint density at radius 2 is 2.07 bits per heavy atom. The number of amides is 3. The van der Waals surface area contributed by atoms with Crippen LogP contribution in [0.3, 0.4) is 0 Å². The average Bonchev–Trinajstić information content (AvgIpc) is 3.08. The highest BCUT2D eigenvalue weighted by molar-refractivity contribution is 7.14. The molecule has 2 unspecified atom stereocenters. The Hall–Kier alpha value is -2.44. The molecule has 1 saturated heterocycles. The van der Waals surface area contributed by atoms with Crippen molar-refractivity contribution in [1.82, 2.24) is 15.6 Å². The van der Waals surface area contributed by atoms with Crippen LogP contribution in [0.25, 0.3) is 0 Å². The lowest BCUT2D eigenvalue weighted by Crippen LogP contribution is -2.72. The van der Waals surface area contributed by atoms with Gasteiger partial charge in [0.05, 0.1) is 12.6 Å². The molecule has 1 aliphatic heterocycles. The Bertz CT molecular complexity index is 798. The SMILES string of the molecule is CON=C(C(=O)NC1C(=O)NC1C(=O)OC)c1ncsc1NC(=O)C(Cl)Cl. The summed E-state index contributed by atoms with van der Waals surface area (Å²) in [6.45, 7) is 0. The lowest BCUT2D eigenvalue weighted by Gasteiger charge is -2.34. The highest BCUT2D eigenvalue weighted by Gasteiger charge is 2.46. The minimum Gasteiger partial charge on any atom is -0.467 e. The van der Waals surface area contributed by atoms with Crippen LogP contribution in [0.15, 0.2) is 10.7 Å². The van der Waals surface area contributed by atoms with Gasteiger partial charge >= 0.3 is 5.97 Å². The lowest BCUT2D eigenvalue weighted by molar-refractivity contribution is -0.153. The lowest BCUT2D eigenvalue weighted by atomic mass is 9.98. The fraction of sp³-hybridized carbons (Fsp3) is 0.385. The Morgan fingerprint density at radius 3 is 2.63 bits per heavy atom. The van der Waals surface area contributed by atoms with Crippen LogP contribution < -0.4 is 16.0 Å². The van der Waals surface area contributed by atoms with E-state index in [1.807, 2.05) is 0 Å². The summed E-state index contributed by atoms with van der Waals surface area (Å²) in [5.41, 5.74) is 0.975. The third-order valence-corrected chi connectivity index (χ3v) is 4.42. The zero-order chi connectivity index (χ0) is 20.1. The number of carbonyl (C=O) groups excluding carboxylic acids is 4. The molecule has 0 aliphatic carbocycles. The van der Waals surface area contributed by atoms with Crippen molar-refractivity contribution < 1.29 is 28.8 Å². The van der Waals surface area contributed by atoms with E-state index in [1.165, 1.54) is 12.6 Å². The molecule has 0 spiro atoms. The van der Waals surface area contributed by atoms with E-state index in [0.29, 0.717) is 0 Å². The molecular formula is C13H13Cl2N5O6S. The number of nitrogens with zero attached hydrogens (tertiary/aromatic N) is 2. The van der Waals surface area contributed by atoms with Gasteiger partial charge in [-0.2, -0.15) is 0 Å². The molecule has 0 aromatic carbocycles. The fourth-order valence-corrected chi connectivity index (χ4v) is 2.81. The first-order chi connectivity index (χ1) is 12.8. The van der Waals surface area contributed by atoms with E-state index in [1.54, 1.807) is 0 Å². The third kappa shape index (κ3) is 4.64. The summed E-state index contributed by atoms with van der Waals surface area (Å²) < 4.78 is 4.54. The van der Waals surface area contributed by atoms with Crippen LogP contribution in [0.2, 0.25) is 0 Å². The van der Waals surface area contributed by atoms with E-state index < -0.39 is 40.6 Å². The molecule has 0 radical (unpaired) electrons. The van der Waals surface area contributed by atoms with Crippen molar-refractivity contribution in [2.75, 3.05) is 19.5 Å². The summed E-state index contributed by atoms with van der Waals surface area (Å²) in [5, 5.41) is 10.8. The third-order valence-electron chi connectivity index (χ3n) is 3.28. The van der Waals surface area contributed by atoms with Crippen LogP contribution in [-0.2, 0) is 28.8 Å². The van der Waals surface area contributed by atoms with E-state index in [0.717, 1.165) is 18.4 Å². The first-order valence-electron chi connectivity index (χ1n) is 7.13. The Labute approximate surface area is 166 Å². The van der Waals surface area contributed by atoms with Gasteiger partial charge in [-0.1, -0.05) is 28.4 Å². The van der Waals surface area contributed by atoms with Crippen molar-refractivity contribution >= 4 is 68.9 Å². The van der Waals surface area contributed by atoms with Crippen molar-refractivity contribution in [2.24, 2.45) is 5.16 Å². The van der Waals surface area contributed by atoms with Gasteiger partial charge in [0.2, 0.25) is 5.91 Å². The van der Waals surface area contributed by atoms with E-state index in [9.17, 15) is 19.2 Å². The van der Waals surface area contributed by atoms with Gasteiger partial charge in [-0.05, 0) is 0 Å². The van der Waals surface area contributed by atoms with Gasteiger partial charge in [0.1, 0.15) is 23.8 Å². The Morgan fingerprint density at radius 1 is 1.37 bits per heavy atom. The second kappa shape index (κ2) is 8.97. The number of alkyl halides is 2. The molecule has 0 bridgehead atoms. The number of aromatic nitrogens is 1. The van der Waals surface area contributed by atoms with Crippen molar-refractivity contribution in [1.29, 1.82) is 0 Å². The maximum absolute atomic E-state index is 12.6. The molecule has 1 aliphatic rings. The zero-order valence-electron chi connectivity index (χ0n) is 13.8. The number of β-lactam (4-membered cyclic amide) rings is 1. The summed E-state index contributed by atoms with van der Waals surface area (Å²) in [6, 6.07) is -2.18. The highest BCUT2D eigenvalue weighted by atomic mass is 35.5. The predicted octanol–water partition coefficient (Wildman–Crippen LogP) is -0.608. The van der Waals surface area contributed by atoms with E-state index in [2.05, 4.69) is 35.7 Å². The number of oxime groups is 1. The number of anilines is 1. The summed E-state index contributed by atoms with van der Waals surface area (Å²) in [5.74, 6) is -2.89. The predicted molar refractivity (Wildman–Crippen MR) is 95.7 cm³/mol. The van der Waals surface area contributed by atoms with E-state index in [4.69, 9.17) is 23.2 Å². The standard InChI is InChI=1S/C13H13Cl2N5O6S/c1-25-13(24)7-4(9(21)18-7)17-10(22)5(20-26-2)6-12(27-3-16-6)19-11(23)8(14)15/h3-4,7-8H,1-2H3,(H,17,22)(H,18,21)(H,19,23). The molecule has 2 atom stereocenters. The van der Waals surface area contributed by atoms with Crippen LogP contribution in [0, 0.1) is 0 Å². The number of methoxy groups -OCH3 is 1. The maximum atomic E-state index is 12.6. The fourth-order valence-electron chi connectivity index (χ4n) is 2.02. The number of ether oxygens (including phenoxy) is 1. The Kier molecular flexibility index (Phi) is 6.93. The average molecular weight is 438 g/mol. The van der Waals surface area contributed by atoms with Crippen molar-refractivity contribution in [3.63, 3.8) is 0 Å². The zero-order valence-corrected chi connectivity index (χ0v) is 16.1. The molecule has 2 rings (SSSR count). The smallest absolute Gasteiger partial charge is 0.331 e. The number of hydrogen-bond donors (Lipinski definition) is 3. The van der Waals surface area contributed by atoms with Gasteiger partial charge in [0, 0.05) is 0 Å².